The molecule has 0 atom stereocenters. The summed E-state index contributed by atoms with van der Waals surface area (Å²) in [6.07, 6.45) is 6.34. The van der Waals surface area contributed by atoms with Gasteiger partial charge in [0, 0.05) is 58.1 Å². The van der Waals surface area contributed by atoms with Gasteiger partial charge in [-0.25, -0.2) is 15.0 Å². The molecule has 1 aliphatic heterocycles. The minimum atomic E-state index is -0.663. The number of amides is 2. The topological polar surface area (TPSA) is 128 Å². The fraction of sp³-hybridized carbons (Fsp3) is 0.333. The molecule has 3 aromatic heterocycles. The monoisotopic (exact) mass is 570 g/mol. The molecule has 0 radical (unpaired) electrons. The molecule has 0 bridgehead atoms. The molecule has 1 fully saturated rings. The Morgan fingerprint density at radius 2 is 1.62 bits per heavy atom. The second-order valence-electron chi connectivity index (χ2n) is 10.4. The lowest BCUT2D eigenvalue weighted by Gasteiger charge is -2.34. The lowest BCUT2D eigenvalue weighted by molar-refractivity contribution is -0.127. The molecular formula is C30H34N8O4. The van der Waals surface area contributed by atoms with E-state index < -0.39 is 11.7 Å². The maximum atomic E-state index is 13.5. The van der Waals surface area contributed by atoms with Crippen molar-refractivity contribution in [2.45, 2.75) is 0 Å². The fourth-order valence-corrected chi connectivity index (χ4v) is 4.89. The minimum absolute atomic E-state index is 0.0910. The highest BCUT2D eigenvalue weighted by atomic mass is 16.5. The van der Waals surface area contributed by atoms with Crippen molar-refractivity contribution in [2.75, 3.05) is 72.4 Å². The zero-order valence-electron chi connectivity index (χ0n) is 24.2. The van der Waals surface area contributed by atoms with Crippen molar-refractivity contribution in [2.24, 2.45) is 0 Å². The van der Waals surface area contributed by atoms with E-state index in [1.807, 2.05) is 44.2 Å². The predicted molar refractivity (Wildman–Crippen MR) is 159 cm³/mol. The number of carbonyl (C=O) groups excluding carboxylic acids is 3. The van der Waals surface area contributed by atoms with Crippen LogP contribution in [0.15, 0.2) is 55.1 Å². The van der Waals surface area contributed by atoms with E-state index in [9.17, 15) is 14.4 Å². The summed E-state index contributed by atoms with van der Waals surface area (Å²) in [5, 5.41) is 0.452. The van der Waals surface area contributed by atoms with E-state index in [4.69, 9.17) is 4.74 Å². The summed E-state index contributed by atoms with van der Waals surface area (Å²) < 4.78 is 5.52. The summed E-state index contributed by atoms with van der Waals surface area (Å²) in [6, 6.07) is 9.02. The number of hydrogen-bond acceptors (Lipinski definition) is 9. The lowest BCUT2D eigenvalue weighted by atomic mass is 10.1. The Bertz CT molecular complexity index is 1580. The van der Waals surface area contributed by atoms with E-state index in [0.29, 0.717) is 46.7 Å². The minimum Gasteiger partial charge on any atom is -0.494 e. The van der Waals surface area contributed by atoms with Gasteiger partial charge >= 0.3 is 0 Å². The Hall–Kier alpha value is -4.84. The summed E-state index contributed by atoms with van der Waals surface area (Å²) in [5.74, 6) is -0.301. The molecule has 2 amide bonds. The number of piperazine rings is 1. The second-order valence-corrected chi connectivity index (χ2v) is 10.4. The van der Waals surface area contributed by atoms with Crippen molar-refractivity contribution in [1.29, 1.82) is 0 Å². The molecule has 0 aliphatic carbocycles. The van der Waals surface area contributed by atoms with E-state index in [-0.39, 0.29) is 24.6 Å². The van der Waals surface area contributed by atoms with Crippen molar-refractivity contribution in [1.82, 2.24) is 34.6 Å². The summed E-state index contributed by atoms with van der Waals surface area (Å²) in [5.41, 5.74) is 2.30. The number of pyridine rings is 1. The van der Waals surface area contributed by atoms with Crippen LogP contribution >= 0.6 is 0 Å². The predicted octanol–water partition coefficient (Wildman–Crippen LogP) is 2.19. The number of fused-ring (bicyclic) bond motifs is 1. The van der Waals surface area contributed by atoms with Gasteiger partial charge in [-0.05, 0) is 26.2 Å². The number of nitrogens with zero attached hydrogens (tertiary/aromatic N) is 7. The van der Waals surface area contributed by atoms with Crippen molar-refractivity contribution in [3.05, 3.63) is 66.2 Å². The van der Waals surface area contributed by atoms with Gasteiger partial charge in [0.15, 0.2) is 0 Å². The smallest absolute Gasteiger partial charge is 0.295 e. The molecular weight excluding hydrogens is 536 g/mol. The number of rotatable bonds is 9. The SMILES string of the molecule is COc1cnc(-c2cnc(N(C)CCN(C)C)cn2)c2[nH]cc(C(=O)C(=O)N3CCN(C(=O)c4ccccc4)CC3)c12. The van der Waals surface area contributed by atoms with Crippen LogP contribution < -0.4 is 9.64 Å². The molecule has 1 saturated heterocycles. The van der Waals surface area contributed by atoms with Gasteiger partial charge in [-0.3, -0.25) is 14.4 Å². The summed E-state index contributed by atoms with van der Waals surface area (Å²) in [6.45, 7) is 2.88. The number of Topliss-reactive ketones (excluding diaryl/α,β-unsaturated/α-hetero) is 1. The molecule has 4 heterocycles. The first-order valence-corrected chi connectivity index (χ1v) is 13.7. The molecule has 1 aliphatic rings. The normalized spacial score (nSPS) is 13.5. The molecule has 218 valence electrons. The maximum absolute atomic E-state index is 13.5. The second kappa shape index (κ2) is 12.4. The largest absolute Gasteiger partial charge is 0.494 e. The standard InChI is InChI=1S/C30H34N8O4/c1-35(2)10-11-36(3)24-19-31-22(17-32-24)26-27-25(23(42-4)18-34-26)21(16-33-27)28(39)30(41)38-14-12-37(13-15-38)29(40)20-8-6-5-7-9-20/h5-9,16-19,33H,10-15H2,1-4H3. The first-order chi connectivity index (χ1) is 20.3. The number of aromatic amines is 1. The van der Waals surface area contributed by atoms with Crippen LogP contribution in [0.4, 0.5) is 5.82 Å². The van der Waals surface area contributed by atoms with Crippen LogP contribution in [0.25, 0.3) is 22.3 Å². The quantitative estimate of drug-likeness (QED) is 0.238. The number of anilines is 1. The van der Waals surface area contributed by atoms with Crippen LogP contribution in [0, 0.1) is 0 Å². The number of aromatic nitrogens is 4. The van der Waals surface area contributed by atoms with Crippen LogP contribution in [-0.4, -0.2) is 120 Å². The molecule has 42 heavy (non-hydrogen) atoms. The highest BCUT2D eigenvalue weighted by Crippen LogP contribution is 2.34. The van der Waals surface area contributed by atoms with Crippen LogP contribution in [0.5, 0.6) is 5.75 Å². The van der Waals surface area contributed by atoms with Crippen LogP contribution in [0.2, 0.25) is 0 Å². The molecule has 0 spiro atoms. The van der Waals surface area contributed by atoms with E-state index in [1.54, 1.807) is 29.4 Å². The first-order valence-electron chi connectivity index (χ1n) is 13.7. The average Bonchev–Trinajstić information content (AvgIpc) is 3.48. The number of likely N-dealkylation sites (N-methyl/N-ethyl adjacent to an activating group) is 2. The molecule has 5 rings (SSSR count). The van der Waals surface area contributed by atoms with E-state index >= 15 is 0 Å². The zero-order chi connectivity index (χ0) is 29.8. The number of ketones is 1. The molecule has 0 unspecified atom stereocenters. The molecule has 1 aromatic carbocycles. The average molecular weight is 571 g/mol. The Morgan fingerprint density at radius 3 is 2.26 bits per heavy atom. The third kappa shape index (κ3) is 5.79. The van der Waals surface area contributed by atoms with Gasteiger partial charge in [-0.1, -0.05) is 18.2 Å². The molecule has 1 N–H and O–H groups in total. The van der Waals surface area contributed by atoms with Gasteiger partial charge in [-0.15, -0.1) is 0 Å². The Morgan fingerprint density at radius 1 is 0.905 bits per heavy atom. The number of nitrogens with one attached hydrogen (secondary N) is 1. The van der Waals surface area contributed by atoms with Gasteiger partial charge in [0.05, 0.1) is 42.2 Å². The van der Waals surface area contributed by atoms with E-state index in [2.05, 4.69) is 24.8 Å². The van der Waals surface area contributed by atoms with Gasteiger partial charge < -0.3 is 29.3 Å². The van der Waals surface area contributed by atoms with Gasteiger partial charge in [0.25, 0.3) is 17.6 Å². The fourth-order valence-electron chi connectivity index (χ4n) is 4.89. The van der Waals surface area contributed by atoms with Crippen LogP contribution in [0.1, 0.15) is 20.7 Å². The number of hydrogen-bond donors (Lipinski definition) is 1. The Labute approximate surface area is 243 Å². The first kappa shape index (κ1) is 28.7. The highest BCUT2D eigenvalue weighted by Gasteiger charge is 2.31. The van der Waals surface area contributed by atoms with E-state index in [0.717, 1.165) is 18.9 Å². The Kier molecular flexibility index (Phi) is 8.43. The molecule has 12 heteroatoms. The summed E-state index contributed by atoms with van der Waals surface area (Å²) >= 11 is 0. The van der Waals surface area contributed by atoms with Gasteiger partial charge in [-0.2, -0.15) is 0 Å². The van der Waals surface area contributed by atoms with Gasteiger partial charge in [0.2, 0.25) is 0 Å². The lowest BCUT2D eigenvalue weighted by Crippen LogP contribution is -2.52. The summed E-state index contributed by atoms with van der Waals surface area (Å²) in [7, 11) is 7.47. The highest BCUT2D eigenvalue weighted by molar-refractivity contribution is 6.45. The van der Waals surface area contributed by atoms with Crippen LogP contribution in [0.3, 0.4) is 0 Å². The maximum Gasteiger partial charge on any atom is 0.295 e. The third-order valence-electron chi connectivity index (χ3n) is 7.36. The number of benzene rings is 1. The van der Waals surface area contributed by atoms with Crippen LogP contribution in [-0.2, 0) is 4.79 Å². The van der Waals surface area contributed by atoms with Gasteiger partial charge in [0.1, 0.15) is 23.0 Å². The van der Waals surface area contributed by atoms with Crippen molar-refractivity contribution in [3.8, 4) is 17.1 Å². The van der Waals surface area contributed by atoms with E-state index in [1.165, 1.54) is 24.4 Å². The third-order valence-corrected chi connectivity index (χ3v) is 7.36. The van der Waals surface area contributed by atoms with Crippen molar-refractivity contribution in [3.63, 3.8) is 0 Å². The molecule has 12 nitrogen and oxygen atoms in total. The molecule has 4 aromatic rings. The number of H-pyrrole nitrogens is 1. The number of ether oxygens (including phenoxy) is 1. The number of carbonyl (C=O) groups is 3. The Balaban J connectivity index is 1.34. The molecule has 0 saturated carbocycles. The summed E-state index contributed by atoms with van der Waals surface area (Å²) in [4.78, 5) is 63.6. The van der Waals surface area contributed by atoms with Crippen molar-refractivity contribution < 1.29 is 19.1 Å². The number of methoxy groups -OCH3 is 1. The van der Waals surface area contributed by atoms with Crippen molar-refractivity contribution >= 4 is 34.3 Å². The zero-order valence-corrected chi connectivity index (χ0v) is 24.2.